The molecular formula is C11H16O2. The molecule has 72 valence electrons. The topological polar surface area (TPSA) is 29.5 Å². The number of aliphatic hydroxyl groups excluding tert-OH is 1. The van der Waals surface area contributed by atoms with Crippen LogP contribution < -0.4 is 0 Å². The fraction of sp³-hybridized carbons (Fsp3) is 0.455. The van der Waals surface area contributed by atoms with Crippen molar-refractivity contribution in [3.8, 4) is 0 Å². The third-order valence-corrected chi connectivity index (χ3v) is 1.83. The van der Waals surface area contributed by atoms with E-state index in [2.05, 4.69) is 0 Å². The van der Waals surface area contributed by atoms with Crippen molar-refractivity contribution in [3.05, 3.63) is 35.9 Å². The molecule has 0 saturated heterocycles. The lowest BCUT2D eigenvalue weighted by Gasteiger charge is -2.09. The van der Waals surface area contributed by atoms with Crippen molar-refractivity contribution in [3.63, 3.8) is 0 Å². The van der Waals surface area contributed by atoms with Crippen LogP contribution in [0.1, 0.15) is 12.5 Å². The van der Waals surface area contributed by atoms with Crippen molar-refractivity contribution in [2.45, 2.75) is 19.4 Å². The number of hydrogen-bond acceptors (Lipinski definition) is 2. The Labute approximate surface area is 79.2 Å². The number of rotatable bonds is 5. The van der Waals surface area contributed by atoms with Gasteiger partial charge in [-0.2, -0.15) is 0 Å². The smallest absolute Gasteiger partial charge is 0.0813 e. The fourth-order valence-corrected chi connectivity index (χ4v) is 1.20. The van der Waals surface area contributed by atoms with Gasteiger partial charge in [0.15, 0.2) is 0 Å². The summed E-state index contributed by atoms with van der Waals surface area (Å²) in [6, 6.07) is 9.94. The summed E-state index contributed by atoms with van der Waals surface area (Å²) in [5.74, 6) is 0. The standard InChI is InChI=1S/C11H16O2/c1-2-13-9-11(12)8-10-6-4-3-5-7-10/h3-7,11-12H,2,8-9H2,1H3. The average Bonchev–Trinajstić information content (AvgIpc) is 2.16. The van der Waals surface area contributed by atoms with E-state index < -0.39 is 0 Å². The van der Waals surface area contributed by atoms with Crippen molar-refractivity contribution in [2.24, 2.45) is 0 Å². The summed E-state index contributed by atoms with van der Waals surface area (Å²) < 4.78 is 5.12. The van der Waals surface area contributed by atoms with Crippen LogP contribution in [0.15, 0.2) is 30.3 Å². The Hall–Kier alpha value is -0.860. The maximum Gasteiger partial charge on any atom is 0.0813 e. The maximum atomic E-state index is 9.51. The molecule has 1 atom stereocenters. The molecule has 2 heteroatoms. The summed E-state index contributed by atoms with van der Waals surface area (Å²) in [5.41, 5.74) is 1.15. The van der Waals surface area contributed by atoms with E-state index in [9.17, 15) is 5.11 Å². The van der Waals surface area contributed by atoms with Crippen molar-refractivity contribution in [1.29, 1.82) is 0 Å². The molecule has 0 aliphatic rings. The highest BCUT2D eigenvalue weighted by Gasteiger charge is 2.04. The first-order valence-electron chi connectivity index (χ1n) is 4.62. The molecule has 1 rings (SSSR count). The predicted molar refractivity (Wildman–Crippen MR) is 52.6 cm³/mol. The lowest BCUT2D eigenvalue weighted by molar-refractivity contribution is 0.0430. The van der Waals surface area contributed by atoms with Gasteiger partial charge in [0.05, 0.1) is 12.7 Å². The lowest BCUT2D eigenvalue weighted by Crippen LogP contribution is -2.17. The van der Waals surface area contributed by atoms with Crippen molar-refractivity contribution in [2.75, 3.05) is 13.2 Å². The molecule has 0 fully saturated rings. The average molecular weight is 180 g/mol. The Bertz CT molecular complexity index is 221. The van der Waals surface area contributed by atoms with Gasteiger partial charge in [-0.3, -0.25) is 0 Å². The zero-order chi connectivity index (χ0) is 9.52. The Morgan fingerprint density at radius 3 is 2.62 bits per heavy atom. The van der Waals surface area contributed by atoms with Crippen molar-refractivity contribution >= 4 is 0 Å². The molecule has 1 aromatic rings. The van der Waals surface area contributed by atoms with Crippen LogP contribution in [-0.2, 0) is 11.2 Å². The molecule has 0 heterocycles. The second-order valence-corrected chi connectivity index (χ2v) is 3.00. The summed E-state index contributed by atoms with van der Waals surface area (Å²) in [6.45, 7) is 3.01. The van der Waals surface area contributed by atoms with Gasteiger partial charge < -0.3 is 9.84 Å². The normalized spacial score (nSPS) is 12.8. The summed E-state index contributed by atoms with van der Waals surface area (Å²) in [6.07, 6.45) is 0.281. The number of ether oxygens (including phenoxy) is 1. The molecule has 0 aromatic heterocycles. The number of benzene rings is 1. The number of aliphatic hydroxyl groups is 1. The first-order valence-corrected chi connectivity index (χ1v) is 4.62. The first kappa shape index (κ1) is 10.2. The maximum absolute atomic E-state index is 9.51. The minimum Gasteiger partial charge on any atom is -0.390 e. The van der Waals surface area contributed by atoms with Crippen molar-refractivity contribution < 1.29 is 9.84 Å². The Morgan fingerprint density at radius 1 is 1.31 bits per heavy atom. The third-order valence-electron chi connectivity index (χ3n) is 1.83. The summed E-state index contributed by atoms with van der Waals surface area (Å²) >= 11 is 0. The van der Waals surface area contributed by atoms with Crippen LogP contribution in [0, 0.1) is 0 Å². The quantitative estimate of drug-likeness (QED) is 0.746. The molecule has 0 aliphatic carbocycles. The van der Waals surface area contributed by atoms with Crippen LogP contribution in [0.25, 0.3) is 0 Å². The molecule has 0 saturated carbocycles. The molecule has 0 bridgehead atoms. The van der Waals surface area contributed by atoms with Crippen LogP contribution in [0.2, 0.25) is 0 Å². The molecular weight excluding hydrogens is 164 g/mol. The van der Waals surface area contributed by atoms with E-state index in [0.29, 0.717) is 19.6 Å². The van der Waals surface area contributed by atoms with E-state index >= 15 is 0 Å². The Balaban J connectivity index is 2.32. The van der Waals surface area contributed by atoms with Crippen LogP contribution in [0.5, 0.6) is 0 Å². The Morgan fingerprint density at radius 2 is 2.00 bits per heavy atom. The summed E-state index contributed by atoms with van der Waals surface area (Å²) in [5, 5.41) is 9.51. The predicted octanol–water partition coefficient (Wildman–Crippen LogP) is 1.63. The van der Waals surface area contributed by atoms with Crippen molar-refractivity contribution in [1.82, 2.24) is 0 Å². The van der Waals surface area contributed by atoms with Gasteiger partial charge in [0.2, 0.25) is 0 Å². The molecule has 13 heavy (non-hydrogen) atoms. The van der Waals surface area contributed by atoms with E-state index in [0.717, 1.165) is 5.56 Å². The first-order chi connectivity index (χ1) is 6.33. The highest BCUT2D eigenvalue weighted by molar-refractivity contribution is 5.15. The summed E-state index contributed by atoms with van der Waals surface area (Å²) in [4.78, 5) is 0. The molecule has 2 nitrogen and oxygen atoms in total. The second kappa shape index (κ2) is 5.73. The van der Waals surface area contributed by atoms with Crippen LogP contribution in [0.4, 0.5) is 0 Å². The summed E-state index contributed by atoms with van der Waals surface area (Å²) in [7, 11) is 0. The van der Waals surface area contributed by atoms with Gasteiger partial charge in [0, 0.05) is 13.0 Å². The van der Waals surface area contributed by atoms with E-state index in [1.165, 1.54) is 0 Å². The van der Waals surface area contributed by atoms with Crippen LogP contribution in [0.3, 0.4) is 0 Å². The lowest BCUT2D eigenvalue weighted by atomic mass is 10.1. The van der Waals surface area contributed by atoms with Gasteiger partial charge in [-0.25, -0.2) is 0 Å². The highest BCUT2D eigenvalue weighted by atomic mass is 16.5. The SMILES string of the molecule is CCOCC(O)Cc1ccccc1. The monoisotopic (exact) mass is 180 g/mol. The van der Waals surface area contributed by atoms with Crippen LogP contribution >= 0.6 is 0 Å². The van der Waals surface area contributed by atoms with Crippen LogP contribution in [-0.4, -0.2) is 24.4 Å². The van der Waals surface area contributed by atoms with Gasteiger partial charge in [-0.05, 0) is 12.5 Å². The van der Waals surface area contributed by atoms with E-state index in [1.54, 1.807) is 0 Å². The molecule has 0 aliphatic heterocycles. The molecule has 1 unspecified atom stereocenters. The van der Waals surface area contributed by atoms with E-state index in [4.69, 9.17) is 4.74 Å². The third kappa shape index (κ3) is 4.06. The minimum atomic E-state index is -0.387. The van der Waals surface area contributed by atoms with Gasteiger partial charge in [-0.1, -0.05) is 30.3 Å². The minimum absolute atomic E-state index is 0.387. The van der Waals surface area contributed by atoms with E-state index in [1.807, 2.05) is 37.3 Å². The van der Waals surface area contributed by atoms with Gasteiger partial charge in [0.1, 0.15) is 0 Å². The molecule has 1 aromatic carbocycles. The van der Waals surface area contributed by atoms with E-state index in [-0.39, 0.29) is 6.10 Å². The molecule has 0 amide bonds. The second-order valence-electron chi connectivity index (χ2n) is 3.00. The number of hydrogen-bond donors (Lipinski definition) is 1. The Kier molecular flexibility index (Phi) is 4.50. The highest BCUT2D eigenvalue weighted by Crippen LogP contribution is 2.02. The molecule has 0 spiro atoms. The molecule has 1 N–H and O–H groups in total. The largest absolute Gasteiger partial charge is 0.390 e. The zero-order valence-corrected chi connectivity index (χ0v) is 7.94. The molecule has 0 radical (unpaired) electrons. The fourth-order valence-electron chi connectivity index (χ4n) is 1.20. The zero-order valence-electron chi connectivity index (χ0n) is 7.94. The van der Waals surface area contributed by atoms with Gasteiger partial charge >= 0.3 is 0 Å². The van der Waals surface area contributed by atoms with Gasteiger partial charge in [0.25, 0.3) is 0 Å². The van der Waals surface area contributed by atoms with Gasteiger partial charge in [-0.15, -0.1) is 0 Å².